The highest BCUT2D eigenvalue weighted by Crippen LogP contribution is 2.42. The standard InChI is InChI=1S/C20H24N8O4.2ClH/c21-19(22)27-7-5-25-9-1-2-10(26-6-8-28-20(23)24)14-13(9)17(31)15-11(29)3-4-12(30)16(15)18(14)32;;/h1-4,25-26,29-30H,5-8H2,(H4,21,22,27)(H4,23,24,28);2*1H. The molecular weight excluding hydrogens is 487 g/mol. The van der Waals surface area contributed by atoms with Crippen LogP contribution in [0.4, 0.5) is 11.4 Å². The van der Waals surface area contributed by atoms with Crippen LogP contribution in [0.2, 0.25) is 0 Å². The number of halogens is 2. The Morgan fingerprint density at radius 3 is 1.35 bits per heavy atom. The Bertz CT molecular complexity index is 1060. The lowest BCUT2D eigenvalue weighted by Gasteiger charge is -2.24. The number of guanidine groups is 2. The largest absolute Gasteiger partial charge is 0.507 e. The van der Waals surface area contributed by atoms with Crippen LogP contribution in [-0.2, 0) is 0 Å². The number of hydrogen-bond acceptors (Lipinski definition) is 8. The summed E-state index contributed by atoms with van der Waals surface area (Å²) in [5.41, 5.74) is 21.6. The number of aromatic hydroxyl groups is 2. The lowest BCUT2D eigenvalue weighted by molar-refractivity contribution is 0.0975. The second-order valence-electron chi connectivity index (χ2n) is 6.89. The molecule has 1 aliphatic rings. The van der Waals surface area contributed by atoms with E-state index in [1.807, 2.05) is 0 Å². The average molecular weight is 513 g/mol. The van der Waals surface area contributed by atoms with Gasteiger partial charge in [-0.1, -0.05) is 0 Å². The van der Waals surface area contributed by atoms with E-state index >= 15 is 0 Å². The summed E-state index contributed by atoms with van der Waals surface area (Å²) < 4.78 is 0. The summed E-state index contributed by atoms with van der Waals surface area (Å²) in [6.07, 6.45) is 0. The molecule has 0 atom stereocenters. The summed E-state index contributed by atoms with van der Waals surface area (Å²) in [4.78, 5) is 34.4. The van der Waals surface area contributed by atoms with Gasteiger partial charge in [0.25, 0.3) is 0 Å². The molecule has 2 aromatic rings. The molecule has 14 heteroatoms. The third-order valence-electron chi connectivity index (χ3n) is 4.72. The maximum atomic E-state index is 13.3. The Morgan fingerprint density at radius 2 is 1.03 bits per heavy atom. The van der Waals surface area contributed by atoms with Crippen LogP contribution in [0, 0.1) is 0 Å². The van der Waals surface area contributed by atoms with E-state index in [1.165, 1.54) is 0 Å². The molecule has 0 amide bonds. The number of aliphatic imine (C=N–C) groups is 2. The first-order valence-corrected chi connectivity index (χ1v) is 9.62. The van der Waals surface area contributed by atoms with Crippen molar-refractivity contribution in [2.24, 2.45) is 32.9 Å². The number of fused-ring (bicyclic) bond motifs is 2. The first kappa shape index (κ1) is 28.1. The highest BCUT2D eigenvalue weighted by Gasteiger charge is 2.37. The SMILES string of the molecule is Cl.Cl.NC(N)=NCCNc1ccc(NCCN=C(N)N)c2c1C(=O)c1c(O)ccc(O)c1C2=O. The average Bonchev–Trinajstić information content (AvgIpc) is 2.73. The second kappa shape index (κ2) is 11.8. The van der Waals surface area contributed by atoms with E-state index in [4.69, 9.17) is 22.9 Å². The monoisotopic (exact) mass is 512 g/mol. The minimum Gasteiger partial charge on any atom is -0.507 e. The molecular formula is C20H26Cl2N8O4. The first-order valence-electron chi connectivity index (χ1n) is 9.62. The molecule has 2 aromatic carbocycles. The van der Waals surface area contributed by atoms with Crippen LogP contribution in [0.15, 0.2) is 34.3 Å². The van der Waals surface area contributed by atoms with Gasteiger partial charge in [0.2, 0.25) is 11.6 Å². The fraction of sp³-hybridized carbons (Fsp3) is 0.200. The molecule has 3 rings (SSSR count). The van der Waals surface area contributed by atoms with Gasteiger partial charge in [-0.3, -0.25) is 19.6 Å². The Kier molecular flexibility index (Phi) is 9.78. The molecule has 0 bridgehead atoms. The van der Waals surface area contributed by atoms with Crippen molar-refractivity contribution in [1.82, 2.24) is 0 Å². The fourth-order valence-corrected chi connectivity index (χ4v) is 3.41. The summed E-state index contributed by atoms with van der Waals surface area (Å²) in [6, 6.07) is 5.56. The Morgan fingerprint density at radius 1 is 0.676 bits per heavy atom. The third kappa shape index (κ3) is 5.71. The van der Waals surface area contributed by atoms with Crippen LogP contribution in [-0.4, -0.2) is 59.9 Å². The number of phenols is 2. The van der Waals surface area contributed by atoms with Crippen LogP contribution >= 0.6 is 24.8 Å². The number of hydrogen-bond donors (Lipinski definition) is 8. The zero-order chi connectivity index (χ0) is 23.4. The molecule has 0 fully saturated rings. The van der Waals surface area contributed by atoms with Crippen LogP contribution in [0.1, 0.15) is 31.8 Å². The van der Waals surface area contributed by atoms with Gasteiger partial charge in [0.15, 0.2) is 11.9 Å². The van der Waals surface area contributed by atoms with Gasteiger partial charge < -0.3 is 43.8 Å². The molecule has 0 spiro atoms. The summed E-state index contributed by atoms with van der Waals surface area (Å²) in [5.74, 6) is -2.18. The maximum Gasteiger partial charge on any atom is 0.200 e. The number of carbonyl (C=O) groups is 2. The van der Waals surface area contributed by atoms with E-state index in [1.54, 1.807) is 12.1 Å². The number of carbonyl (C=O) groups excluding carboxylic acids is 2. The van der Waals surface area contributed by atoms with Crippen LogP contribution in [0.25, 0.3) is 0 Å². The van der Waals surface area contributed by atoms with Crippen LogP contribution in [0.5, 0.6) is 11.5 Å². The zero-order valence-corrected chi connectivity index (χ0v) is 19.5. The number of rotatable bonds is 8. The maximum absolute atomic E-state index is 13.3. The number of nitrogens with two attached hydrogens (primary N) is 4. The molecule has 0 saturated heterocycles. The van der Waals surface area contributed by atoms with Gasteiger partial charge in [-0.2, -0.15) is 0 Å². The molecule has 0 saturated carbocycles. The summed E-state index contributed by atoms with van der Waals surface area (Å²) in [6.45, 7) is 1.03. The number of benzene rings is 2. The number of phenolic OH excluding ortho intramolecular Hbond substituents is 2. The van der Waals surface area contributed by atoms with Crippen LogP contribution in [0.3, 0.4) is 0 Å². The highest BCUT2D eigenvalue weighted by atomic mass is 35.5. The normalized spacial score (nSPS) is 11.2. The summed E-state index contributed by atoms with van der Waals surface area (Å²) >= 11 is 0. The summed E-state index contributed by atoms with van der Waals surface area (Å²) in [7, 11) is 0. The number of anilines is 2. The van der Waals surface area contributed by atoms with Gasteiger partial charge in [0, 0.05) is 24.5 Å². The molecule has 0 aromatic heterocycles. The Labute approximate surface area is 207 Å². The predicted molar refractivity (Wildman–Crippen MR) is 136 cm³/mol. The zero-order valence-electron chi connectivity index (χ0n) is 17.9. The molecule has 1 aliphatic carbocycles. The lowest BCUT2D eigenvalue weighted by atomic mass is 9.81. The minimum atomic E-state index is -0.611. The van der Waals surface area contributed by atoms with Crippen molar-refractivity contribution in [2.45, 2.75) is 0 Å². The number of nitrogens with zero attached hydrogens (tertiary/aromatic N) is 2. The third-order valence-corrected chi connectivity index (χ3v) is 4.72. The van der Waals surface area contributed by atoms with Gasteiger partial charge in [0.05, 0.1) is 35.3 Å². The fourth-order valence-electron chi connectivity index (χ4n) is 3.41. The van der Waals surface area contributed by atoms with Gasteiger partial charge in [0.1, 0.15) is 11.5 Å². The Balaban J connectivity index is 0.00000289. The van der Waals surface area contributed by atoms with Crippen molar-refractivity contribution < 1.29 is 19.8 Å². The number of ketones is 2. The molecule has 12 nitrogen and oxygen atoms in total. The van der Waals surface area contributed by atoms with E-state index < -0.39 is 23.1 Å². The molecule has 0 radical (unpaired) electrons. The molecule has 184 valence electrons. The van der Waals surface area contributed by atoms with Crippen molar-refractivity contribution in [2.75, 3.05) is 36.8 Å². The first-order chi connectivity index (χ1) is 15.2. The van der Waals surface area contributed by atoms with E-state index in [9.17, 15) is 19.8 Å². The highest BCUT2D eigenvalue weighted by molar-refractivity contribution is 6.33. The molecule has 0 aliphatic heterocycles. The Hall–Kier alpha value is -3.90. The predicted octanol–water partition coefficient (Wildman–Crippen LogP) is 0.0874. The molecule has 0 unspecified atom stereocenters. The van der Waals surface area contributed by atoms with E-state index in [0.717, 1.165) is 12.1 Å². The number of nitrogens with one attached hydrogen (secondary N) is 2. The van der Waals surface area contributed by atoms with Gasteiger partial charge in [-0.15, -0.1) is 24.8 Å². The molecule has 12 N–H and O–H groups in total. The van der Waals surface area contributed by atoms with E-state index in [2.05, 4.69) is 20.6 Å². The quantitative estimate of drug-likeness (QED) is 0.0876. The lowest BCUT2D eigenvalue weighted by Crippen LogP contribution is -2.26. The topological polar surface area (TPSA) is 227 Å². The van der Waals surface area contributed by atoms with Crippen molar-refractivity contribution in [3.8, 4) is 11.5 Å². The van der Waals surface area contributed by atoms with Gasteiger partial charge in [-0.25, -0.2) is 0 Å². The van der Waals surface area contributed by atoms with Crippen molar-refractivity contribution >= 4 is 59.7 Å². The van der Waals surface area contributed by atoms with Gasteiger partial charge in [-0.05, 0) is 24.3 Å². The molecule has 34 heavy (non-hydrogen) atoms. The van der Waals surface area contributed by atoms with Gasteiger partial charge >= 0.3 is 0 Å². The smallest absolute Gasteiger partial charge is 0.200 e. The second-order valence-corrected chi connectivity index (χ2v) is 6.89. The van der Waals surface area contributed by atoms with Crippen molar-refractivity contribution in [3.05, 3.63) is 46.5 Å². The molecule has 0 heterocycles. The van der Waals surface area contributed by atoms with E-state index in [0.29, 0.717) is 11.4 Å². The van der Waals surface area contributed by atoms with E-state index in [-0.39, 0.29) is 85.2 Å². The minimum absolute atomic E-state index is 0. The summed E-state index contributed by atoms with van der Waals surface area (Å²) in [5, 5.41) is 26.6. The van der Waals surface area contributed by atoms with Crippen LogP contribution < -0.4 is 33.6 Å². The van der Waals surface area contributed by atoms with Crippen molar-refractivity contribution in [3.63, 3.8) is 0 Å². The van der Waals surface area contributed by atoms with Crippen molar-refractivity contribution in [1.29, 1.82) is 0 Å².